The van der Waals surface area contributed by atoms with Crippen molar-refractivity contribution in [2.75, 3.05) is 0 Å². The largest absolute Gasteiger partial charge is 0.433 e. The van der Waals surface area contributed by atoms with Gasteiger partial charge in [0, 0.05) is 17.1 Å². The number of hydrogen-bond acceptors (Lipinski definition) is 2. The van der Waals surface area contributed by atoms with E-state index in [1.165, 1.54) is 48.7 Å². The van der Waals surface area contributed by atoms with Crippen molar-refractivity contribution in [2.45, 2.75) is 37.3 Å². The van der Waals surface area contributed by atoms with Crippen molar-refractivity contribution in [3.05, 3.63) is 59.4 Å². The number of aromatic nitrogens is 2. The molecule has 5 heteroatoms. The molecular formula is C20H15F3N2. The summed E-state index contributed by atoms with van der Waals surface area (Å²) in [6, 6.07) is 10.4. The molecule has 5 rings (SSSR count). The lowest BCUT2D eigenvalue weighted by molar-refractivity contribution is -0.140. The molecule has 1 fully saturated rings. The van der Waals surface area contributed by atoms with Crippen LogP contribution in [0.3, 0.4) is 0 Å². The van der Waals surface area contributed by atoms with Gasteiger partial charge in [-0.3, -0.25) is 4.98 Å². The van der Waals surface area contributed by atoms with E-state index >= 15 is 0 Å². The van der Waals surface area contributed by atoms with Crippen molar-refractivity contribution >= 4 is 10.9 Å². The van der Waals surface area contributed by atoms with Gasteiger partial charge in [0.15, 0.2) is 0 Å². The first-order chi connectivity index (χ1) is 12.0. The third kappa shape index (κ3) is 2.25. The predicted octanol–water partition coefficient (Wildman–Crippen LogP) is 5.68. The lowest BCUT2D eigenvalue weighted by atomic mass is 9.89. The van der Waals surface area contributed by atoms with Gasteiger partial charge in [0.25, 0.3) is 0 Å². The Hall–Kier alpha value is -2.43. The Balaban J connectivity index is 1.65. The van der Waals surface area contributed by atoms with E-state index < -0.39 is 11.9 Å². The quantitative estimate of drug-likeness (QED) is 0.569. The van der Waals surface area contributed by atoms with Crippen LogP contribution in [0.25, 0.3) is 22.2 Å². The second-order valence-electron chi connectivity index (χ2n) is 6.97. The van der Waals surface area contributed by atoms with Crippen LogP contribution in [0.1, 0.15) is 47.9 Å². The highest BCUT2D eigenvalue weighted by atomic mass is 19.4. The van der Waals surface area contributed by atoms with Crippen LogP contribution >= 0.6 is 0 Å². The number of benzene rings is 1. The molecule has 3 aromatic rings. The summed E-state index contributed by atoms with van der Waals surface area (Å²) < 4.78 is 38.7. The molecule has 0 radical (unpaired) electrons. The zero-order valence-electron chi connectivity index (χ0n) is 13.3. The monoisotopic (exact) mass is 340 g/mol. The average molecular weight is 340 g/mol. The minimum absolute atomic E-state index is 0.321. The fourth-order valence-electron chi connectivity index (χ4n) is 4.44. The molecule has 2 heterocycles. The number of hydrogen-bond donors (Lipinski definition) is 0. The molecule has 2 aromatic heterocycles. The Morgan fingerprint density at radius 3 is 2.52 bits per heavy atom. The van der Waals surface area contributed by atoms with E-state index in [-0.39, 0.29) is 0 Å². The van der Waals surface area contributed by atoms with Crippen LogP contribution in [0.5, 0.6) is 0 Å². The molecule has 0 aliphatic heterocycles. The Morgan fingerprint density at radius 2 is 1.72 bits per heavy atom. The summed E-state index contributed by atoms with van der Waals surface area (Å²) in [6.45, 7) is 0. The van der Waals surface area contributed by atoms with Gasteiger partial charge < -0.3 is 0 Å². The number of halogens is 3. The van der Waals surface area contributed by atoms with Gasteiger partial charge in [-0.2, -0.15) is 13.2 Å². The zero-order valence-corrected chi connectivity index (χ0v) is 13.3. The first-order valence-corrected chi connectivity index (χ1v) is 8.48. The van der Waals surface area contributed by atoms with Crippen molar-refractivity contribution in [3.63, 3.8) is 0 Å². The van der Waals surface area contributed by atoms with E-state index in [0.717, 1.165) is 11.6 Å². The second kappa shape index (κ2) is 5.04. The summed E-state index contributed by atoms with van der Waals surface area (Å²) in [5.74, 6) is 1.32. The van der Waals surface area contributed by atoms with Crippen LogP contribution in [-0.2, 0) is 6.18 Å². The fraction of sp³-hybridized carbons (Fsp3) is 0.300. The van der Waals surface area contributed by atoms with Gasteiger partial charge in [0.05, 0.1) is 11.2 Å². The van der Waals surface area contributed by atoms with Crippen molar-refractivity contribution < 1.29 is 13.2 Å². The van der Waals surface area contributed by atoms with Gasteiger partial charge in [-0.1, -0.05) is 12.1 Å². The molecule has 2 bridgehead atoms. The Kier molecular flexibility index (Phi) is 3.00. The molecule has 2 unspecified atom stereocenters. The first kappa shape index (κ1) is 14.9. The first-order valence-electron chi connectivity index (χ1n) is 8.48. The standard InChI is InChI=1S/C20H15F3N2/c21-20(22,23)18-6-5-15-17(25-18)7-8-24-19(15)13-3-4-14-11-1-2-12(9-11)16(14)10-13/h3-8,10-12H,1-2,9H2. The molecule has 0 N–H and O–H groups in total. The highest BCUT2D eigenvalue weighted by Crippen LogP contribution is 2.53. The Bertz CT molecular complexity index is 994. The zero-order chi connectivity index (χ0) is 17.2. The number of alkyl halides is 3. The molecule has 2 atom stereocenters. The number of rotatable bonds is 1. The number of pyridine rings is 2. The van der Waals surface area contributed by atoms with Crippen molar-refractivity contribution in [1.82, 2.24) is 9.97 Å². The highest BCUT2D eigenvalue weighted by Gasteiger charge is 2.37. The molecule has 2 aliphatic rings. The maximum atomic E-state index is 12.9. The topological polar surface area (TPSA) is 25.8 Å². The number of nitrogens with zero attached hydrogens (tertiary/aromatic N) is 2. The smallest absolute Gasteiger partial charge is 0.255 e. The highest BCUT2D eigenvalue weighted by molar-refractivity contribution is 5.92. The number of fused-ring (bicyclic) bond motifs is 6. The average Bonchev–Trinajstić information content (AvgIpc) is 3.22. The second-order valence-corrected chi connectivity index (χ2v) is 6.97. The van der Waals surface area contributed by atoms with Gasteiger partial charge in [-0.05, 0) is 66.5 Å². The molecule has 2 aliphatic carbocycles. The minimum Gasteiger partial charge on any atom is -0.255 e. The van der Waals surface area contributed by atoms with Crippen molar-refractivity contribution in [1.29, 1.82) is 0 Å². The molecule has 0 amide bonds. The summed E-state index contributed by atoms with van der Waals surface area (Å²) in [6.07, 6.45) is 0.834. The van der Waals surface area contributed by atoms with E-state index in [1.807, 2.05) is 6.07 Å². The van der Waals surface area contributed by atoms with Gasteiger partial charge in [-0.15, -0.1) is 0 Å². The minimum atomic E-state index is -4.44. The summed E-state index contributed by atoms with van der Waals surface area (Å²) in [5, 5.41) is 0.651. The molecule has 1 saturated carbocycles. The van der Waals surface area contributed by atoms with E-state index in [4.69, 9.17) is 0 Å². The maximum Gasteiger partial charge on any atom is 0.433 e. The third-order valence-corrected chi connectivity index (χ3v) is 5.58. The van der Waals surface area contributed by atoms with Crippen LogP contribution in [0.4, 0.5) is 13.2 Å². The molecule has 25 heavy (non-hydrogen) atoms. The fourth-order valence-corrected chi connectivity index (χ4v) is 4.44. The summed E-state index contributed by atoms with van der Waals surface area (Å²) in [4.78, 5) is 8.21. The summed E-state index contributed by atoms with van der Waals surface area (Å²) >= 11 is 0. The summed E-state index contributed by atoms with van der Waals surface area (Å²) in [7, 11) is 0. The Morgan fingerprint density at radius 1 is 0.920 bits per heavy atom. The van der Waals surface area contributed by atoms with Crippen LogP contribution in [0.15, 0.2) is 42.6 Å². The van der Waals surface area contributed by atoms with E-state index in [2.05, 4.69) is 22.1 Å². The van der Waals surface area contributed by atoms with Crippen LogP contribution in [0, 0.1) is 0 Å². The molecule has 0 saturated heterocycles. The van der Waals surface area contributed by atoms with E-state index in [0.29, 0.717) is 28.4 Å². The van der Waals surface area contributed by atoms with Gasteiger partial charge in [0.2, 0.25) is 0 Å². The lowest BCUT2D eigenvalue weighted by Crippen LogP contribution is -2.07. The molecule has 0 spiro atoms. The predicted molar refractivity (Wildman–Crippen MR) is 89.3 cm³/mol. The lowest BCUT2D eigenvalue weighted by Gasteiger charge is -2.16. The van der Waals surface area contributed by atoms with Gasteiger partial charge in [0.1, 0.15) is 5.69 Å². The van der Waals surface area contributed by atoms with Crippen LogP contribution in [0.2, 0.25) is 0 Å². The van der Waals surface area contributed by atoms with E-state index in [1.54, 1.807) is 0 Å². The van der Waals surface area contributed by atoms with Crippen LogP contribution in [-0.4, -0.2) is 9.97 Å². The maximum absolute atomic E-state index is 12.9. The molecule has 126 valence electrons. The molecule has 1 aromatic carbocycles. The van der Waals surface area contributed by atoms with Crippen LogP contribution < -0.4 is 0 Å². The van der Waals surface area contributed by atoms with Crippen molar-refractivity contribution in [2.24, 2.45) is 0 Å². The van der Waals surface area contributed by atoms with Crippen molar-refractivity contribution in [3.8, 4) is 11.3 Å². The van der Waals surface area contributed by atoms with Gasteiger partial charge in [-0.25, -0.2) is 4.98 Å². The summed E-state index contributed by atoms with van der Waals surface area (Å²) in [5.41, 5.74) is 3.94. The van der Waals surface area contributed by atoms with Gasteiger partial charge >= 0.3 is 6.18 Å². The SMILES string of the molecule is FC(F)(F)c1ccc2c(-c3ccc4c(c3)C3CCC4C3)nccc2n1. The molecular weight excluding hydrogens is 325 g/mol. The normalized spacial score (nSPS) is 21.7. The van der Waals surface area contributed by atoms with E-state index in [9.17, 15) is 13.2 Å². The third-order valence-electron chi connectivity index (χ3n) is 5.58. The molecule has 2 nitrogen and oxygen atoms in total. The Labute approximate surface area is 142 Å².